The van der Waals surface area contributed by atoms with Crippen LogP contribution in [0, 0.1) is 11.3 Å². The highest BCUT2D eigenvalue weighted by Gasteiger charge is 2.08. The maximum atomic E-state index is 9.62. The van der Waals surface area contributed by atoms with Gasteiger partial charge < -0.3 is 0 Å². The number of fused-ring (bicyclic) bond motifs is 3. The average Bonchev–Trinajstić information content (AvgIpc) is 2.61. The molecule has 0 aliphatic carbocycles. The Hall–Kier alpha value is -3.11. The number of nitriles is 1. The first kappa shape index (κ1) is 12.6. The molecule has 0 aliphatic heterocycles. The Labute approximate surface area is 129 Å². The van der Waals surface area contributed by atoms with Crippen molar-refractivity contribution in [3.63, 3.8) is 0 Å². The maximum absolute atomic E-state index is 9.62. The first-order valence-electron chi connectivity index (χ1n) is 7.28. The summed E-state index contributed by atoms with van der Waals surface area (Å²) in [5.41, 5.74) is 2.95. The van der Waals surface area contributed by atoms with Crippen LogP contribution in [0.2, 0.25) is 0 Å². The van der Waals surface area contributed by atoms with Crippen molar-refractivity contribution in [3.8, 4) is 17.2 Å². The van der Waals surface area contributed by atoms with Crippen molar-refractivity contribution in [3.05, 3.63) is 84.4 Å². The number of hydrogen-bond donors (Lipinski definition) is 0. The monoisotopic (exact) mass is 279 g/mol. The molecule has 0 aromatic heterocycles. The van der Waals surface area contributed by atoms with Crippen LogP contribution < -0.4 is 0 Å². The third-order valence-corrected chi connectivity index (χ3v) is 4.07. The van der Waals surface area contributed by atoms with Crippen LogP contribution in [0.1, 0.15) is 5.56 Å². The summed E-state index contributed by atoms with van der Waals surface area (Å²) in [5.74, 6) is 0. The van der Waals surface area contributed by atoms with Crippen LogP contribution in [0.4, 0.5) is 0 Å². The maximum Gasteiger partial charge on any atom is 0.0998 e. The summed E-state index contributed by atoms with van der Waals surface area (Å²) in [7, 11) is 0. The number of hydrogen-bond acceptors (Lipinski definition) is 1. The molecule has 0 amide bonds. The van der Waals surface area contributed by atoms with E-state index in [9.17, 15) is 5.26 Å². The van der Waals surface area contributed by atoms with E-state index in [2.05, 4.69) is 48.5 Å². The van der Waals surface area contributed by atoms with E-state index in [0.717, 1.165) is 32.8 Å². The van der Waals surface area contributed by atoms with E-state index >= 15 is 0 Å². The van der Waals surface area contributed by atoms with Crippen LogP contribution >= 0.6 is 0 Å². The van der Waals surface area contributed by atoms with E-state index in [-0.39, 0.29) is 0 Å². The third-order valence-electron chi connectivity index (χ3n) is 4.07. The van der Waals surface area contributed by atoms with Gasteiger partial charge in [-0.3, -0.25) is 0 Å². The largest absolute Gasteiger partial charge is 0.192 e. The number of benzene rings is 4. The fraction of sp³-hybridized carbons (Fsp3) is 0. The molecule has 0 N–H and O–H groups in total. The molecule has 0 fully saturated rings. The smallest absolute Gasteiger partial charge is 0.0998 e. The van der Waals surface area contributed by atoms with Gasteiger partial charge in [0.05, 0.1) is 11.6 Å². The Balaban J connectivity index is 2.10. The van der Waals surface area contributed by atoms with Gasteiger partial charge in [0.1, 0.15) is 0 Å². The highest BCUT2D eigenvalue weighted by Crippen LogP contribution is 2.32. The van der Waals surface area contributed by atoms with Gasteiger partial charge in [-0.05, 0) is 39.4 Å². The minimum atomic E-state index is 0.730. The fourth-order valence-corrected chi connectivity index (χ4v) is 3.03. The Kier molecular flexibility index (Phi) is 2.88. The Morgan fingerprint density at radius 2 is 1.36 bits per heavy atom. The molecule has 0 atom stereocenters. The molecule has 4 aromatic rings. The molecule has 0 radical (unpaired) electrons. The zero-order valence-corrected chi connectivity index (χ0v) is 12.0. The summed E-state index contributed by atoms with van der Waals surface area (Å²) in [4.78, 5) is 0. The van der Waals surface area contributed by atoms with Crippen LogP contribution in [-0.2, 0) is 0 Å². The van der Waals surface area contributed by atoms with E-state index in [1.54, 1.807) is 0 Å². The summed E-state index contributed by atoms with van der Waals surface area (Å²) >= 11 is 0. The lowest BCUT2D eigenvalue weighted by Gasteiger charge is -2.09. The number of nitrogens with zero attached hydrogens (tertiary/aromatic N) is 1. The molecule has 0 aliphatic rings. The molecular weight excluding hydrogens is 266 g/mol. The lowest BCUT2D eigenvalue weighted by Crippen LogP contribution is -1.86. The van der Waals surface area contributed by atoms with Gasteiger partial charge in [-0.1, -0.05) is 66.7 Å². The summed E-state index contributed by atoms with van der Waals surface area (Å²) in [5, 5.41) is 14.1. The lowest BCUT2D eigenvalue weighted by atomic mass is 9.94. The van der Waals surface area contributed by atoms with Crippen molar-refractivity contribution in [1.29, 1.82) is 5.26 Å². The molecule has 102 valence electrons. The van der Waals surface area contributed by atoms with Crippen LogP contribution in [0.15, 0.2) is 78.9 Å². The molecule has 4 rings (SSSR count). The van der Waals surface area contributed by atoms with Gasteiger partial charge in [-0.25, -0.2) is 0 Å². The van der Waals surface area contributed by atoms with Crippen LogP contribution in [0.3, 0.4) is 0 Å². The van der Waals surface area contributed by atoms with Gasteiger partial charge in [0.2, 0.25) is 0 Å². The minimum Gasteiger partial charge on any atom is -0.192 e. The van der Waals surface area contributed by atoms with Crippen LogP contribution in [0.5, 0.6) is 0 Å². The van der Waals surface area contributed by atoms with E-state index in [1.165, 1.54) is 5.39 Å². The summed E-state index contributed by atoms with van der Waals surface area (Å²) in [6.07, 6.45) is 0. The lowest BCUT2D eigenvalue weighted by molar-refractivity contribution is 1.50. The Morgan fingerprint density at radius 3 is 2.18 bits per heavy atom. The molecule has 0 unspecified atom stereocenters. The predicted molar refractivity (Wildman–Crippen MR) is 91.6 cm³/mol. The summed E-state index contributed by atoms with van der Waals surface area (Å²) in [6.45, 7) is 0. The molecule has 22 heavy (non-hydrogen) atoms. The molecule has 0 saturated carbocycles. The highest BCUT2D eigenvalue weighted by molar-refractivity contribution is 6.11. The molecule has 1 heteroatoms. The molecule has 0 bridgehead atoms. The van der Waals surface area contributed by atoms with Gasteiger partial charge in [0.25, 0.3) is 0 Å². The van der Waals surface area contributed by atoms with Gasteiger partial charge in [-0.2, -0.15) is 5.26 Å². The minimum absolute atomic E-state index is 0.730. The second kappa shape index (κ2) is 5.02. The average molecular weight is 279 g/mol. The molecular formula is C21H13N. The summed E-state index contributed by atoms with van der Waals surface area (Å²) in [6, 6.07) is 29.2. The van der Waals surface area contributed by atoms with Crippen molar-refractivity contribution in [2.45, 2.75) is 0 Å². The topological polar surface area (TPSA) is 23.8 Å². The molecule has 0 spiro atoms. The van der Waals surface area contributed by atoms with Crippen molar-refractivity contribution in [1.82, 2.24) is 0 Å². The highest BCUT2D eigenvalue weighted by atomic mass is 14.2. The van der Waals surface area contributed by atoms with E-state index in [4.69, 9.17) is 0 Å². The van der Waals surface area contributed by atoms with Gasteiger partial charge in [0.15, 0.2) is 0 Å². The fourth-order valence-electron chi connectivity index (χ4n) is 3.03. The number of rotatable bonds is 1. The molecule has 0 saturated heterocycles. The Bertz CT molecular complexity index is 1020. The third kappa shape index (κ3) is 1.94. The zero-order chi connectivity index (χ0) is 14.9. The van der Waals surface area contributed by atoms with Gasteiger partial charge in [0, 0.05) is 5.39 Å². The van der Waals surface area contributed by atoms with Crippen molar-refractivity contribution >= 4 is 21.5 Å². The second-order valence-electron chi connectivity index (χ2n) is 5.39. The van der Waals surface area contributed by atoms with Gasteiger partial charge in [-0.15, -0.1) is 0 Å². The van der Waals surface area contributed by atoms with Crippen LogP contribution in [-0.4, -0.2) is 0 Å². The normalized spacial score (nSPS) is 10.7. The van der Waals surface area contributed by atoms with E-state index in [0.29, 0.717) is 0 Å². The van der Waals surface area contributed by atoms with Crippen molar-refractivity contribution < 1.29 is 0 Å². The first-order valence-corrected chi connectivity index (χ1v) is 7.28. The standard InChI is InChI=1S/C21H13N/c22-14-19-13-18(15-6-2-1-3-7-15)12-17-11-10-16-8-4-5-9-20(16)21(17)19/h1-13H. The second-order valence-corrected chi connectivity index (χ2v) is 5.39. The Morgan fingerprint density at radius 1 is 0.636 bits per heavy atom. The predicted octanol–water partition coefficient (Wildman–Crippen LogP) is 5.53. The van der Waals surface area contributed by atoms with Crippen LogP contribution in [0.25, 0.3) is 32.7 Å². The SMILES string of the molecule is N#Cc1cc(-c2ccccc2)cc2ccc3ccccc3c12. The zero-order valence-electron chi connectivity index (χ0n) is 12.0. The quantitative estimate of drug-likeness (QED) is 0.420. The molecule has 1 nitrogen and oxygen atoms in total. The summed E-state index contributed by atoms with van der Waals surface area (Å²) < 4.78 is 0. The molecule has 4 aromatic carbocycles. The molecule has 0 heterocycles. The first-order chi connectivity index (χ1) is 10.9. The van der Waals surface area contributed by atoms with Crippen molar-refractivity contribution in [2.75, 3.05) is 0 Å². The van der Waals surface area contributed by atoms with E-state index in [1.807, 2.05) is 36.4 Å². The van der Waals surface area contributed by atoms with E-state index < -0.39 is 0 Å². The van der Waals surface area contributed by atoms with Gasteiger partial charge >= 0.3 is 0 Å². The van der Waals surface area contributed by atoms with Crippen molar-refractivity contribution in [2.24, 2.45) is 0 Å².